The van der Waals surface area contributed by atoms with Crippen LogP contribution in [0.25, 0.3) is 5.69 Å². The van der Waals surface area contributed by atoms with Crippen LogP contribution in [0.1, 0.15) is 30.2 Å². The number of hydrogen-bond donors (Lipinski definition) is 1. The van der Waals surface area contributed by atoms with Crippen molar-refractivity contribution in [2.45, 2.75) is 37.4 Å². The molecule has 4 atom stereocenters. The molecule has 1 saturated carbocycles. The average Bonchev–Trinajstić information content (AvgIpc) is 3.51. The van der Waals surface area contributed by atoms with Crippen molar-refractivity contribution in [3.8, 4) is 11.6 Å². The lowest BCUT2D eigenvalue weighted by atomic mass is 10.0. The van der Waals surface area contributed by atoms with E-state index in [0.717, 1.165) is 6.42 Å². The Hall–Kier alpha value is -3.05. The highest BCUT2D eigenvalue weighted by molar-refractivity contribution is 5.40. The molecular weight excluding hydrogens is 430 g/mol. The first-order chi connectivity index (χ1) is 15.3. The maximum atomic E-state index is 14.2. The van der Waals surface area contributed by atoms with Gasteiger partial charge < -0.3 is 9.84 Å². The Bertz CT molecular complexity index is 1110. The number of alkyl halides is 3. The summed E-state index contributed by atoms with van der Waals surface area (Å²) in [6, 6.07) is 7.34. The number of hydrogen-bond acceptors (Lipinski definition) is 6. The number of aliphatic hydroxyl groups is 1. The predicted octanol–water partition coefficient (Wildman–Crippen LogP) is 3.35. The quantitative estimate of drug-likeness (QED) is 0.602. The van der Waals surface area contributed by atoms with E-state index in [9.17, 15) is 22.7 Å². The fourth-order valence-corrected chi connectivity index (χ4v) is 4.63. The number of halogens is 4. The predicted molar refractivity (Wildman–Crippen MR) is 103 cm³/mol. The second-order valence-electron chi connectivity index (χ2n) is 8.02. The zero-order valence-electron chi connectivity index (χ0n) is 16.7. The van der Waals surface area contributed by atoms with Crippen LogP contribution >= 0.6 is 0 Å². The van der Waals surface area contributed by atoms with E-state index in [1.807, 2.05) is 11.0 Å². The summed E-state index contributed by atoms with van der Waals surface area (Å²) in [5, 5.41) is 19.4. The maximum Gasteiger partial charge on any atom is 0.417 e. The van der Waals surface area contributed by atoms with Gasteiger partial charge in [0.15, 0.2) is 5.82 Å². The van der Waals surface area contributed by atoms with Gasteiger partial charge in [0.25, 0.3) is 5.88 Å². The van der Waals surface area contributed by atoms with Crippen LogP contribution in [0.2, 0.25) is 0 Å². The molecule has 2 aliphatic rings. The van der Waals surface area contributed by atoms with Gasteiger partial charge in [-0.25, -0.2) is 9.37 Å². The molecule has 3 aromatic rings. The van der Waals surface area contributed by atoms with Crippen LogP contribution in [0.4, 0.5) is 17.6 Å². The van der Waals surface area contributed by atoms with Crippen molar-refractivity contribution in [3.05, 3.63) is 65.9 Å². The highest BCUT2D eigenvalue weighted by Crippen LogP contribution is 2.44. The van der Waals surface area contributed by atoms with Gasteiger partial charge in [-0.15, -0.1) is 0 Å². The van der Waals surface area contributed by atoms with Crippen LogP contribution in [-0.4, -0.2) is 48.7 Å². The summed E-state index contributed by atoms with van der Waals surface area (Å²) < 4.78 is 58.2. The SMILES string of the molecule is OC(c1ccccc1-n1nccn1)N1CC2CC(Oc3ncc(C(F)(F)F)cc3F)C1C2. The number of benzene rings is 1. The van der Waals surface area contributed by atoms with E-state index in [4.69, 9.17) is 4.74 Å². The van der Waals surface area contributed by atoms with Gasteiger partial charge in [0, 0.05) is 24.3 Å². The van der Waals surface area contributed by atoms with E-state index >= 15 is 0 Å². The molecule has 1 aliphatic carbocycles. The molecule has 168 valence electrons. The van der Waals surface area contributed by atoms with Crippen LogP contribution in [-0.2, 0) is 6.18 Å². The van der Waals surface area contributed by atoms with Gasteiger partial charge in [-0.2, -0.15) is 28.2 Å². The third kappa shape index (κ3) is 3.71. The van der Waals surface area contributed by atoms with Gasteiger partial charge in [-0.1, -0.05) is 18.2 Å². The Kier molecular flexibility index (Phi) is 5.09. The van der Waals surface area contributed by atoms with Crippen LogP contribution in [0.3, 0.4) is 0 Å². The molecular formula is C21H19F4N5O2. The summed E-state index contributed by atoms with van der Waals surface area (Å²) in [4.78, 5) is 6.83. The van der Waals surface area contributed by atoms with E-state index in [-0.39, 0.29) is 12.0 Å². The fourth-order valence-electron chi connectivity index (χ4n) is 4.63. The molecule has 3 heterocycles. The number of aliphatic hydroxyl groups excluding tert-OH is 1. The van der Waals surface area contributed by atoms with Crippen molar-refractivity contribution >= 4 is 0 Å². The number of aromatic nitrogens is 4. The number of para-hydroxylation sites is 1. The van der Waals surface area contributed by atoms with E-state index < -0.39 is 35.8 Å². The largest absolute Gasteiger partial charge is 0.471 e. The average molecular weight is 449 g/mol. The normalized spacial score (nSPS) is 24.1. The lowest BCUT2D eigenvalue weighted by Crippen LogP contribution is -2.46. The first-order valence-corrected chi connectivity index (χ1v) is 10.1. The molecule has 32 heavy (non-hydrogen) atoms. The van der Waals surface area contributed by atoms with E-state index in [0.29, 0.717) is 36.5 Å². The number of ether oxygens (including phenoxy) is 1. The van der Waals surface area contributed by atoms with Crippen molar-refractivity contribution in [1.29, 1.82) is 0 Å². The molecule has 2 fully saturated rings. The van der Waals surface area contributed by atoms with Crippen LogP contribution in [0, 0.1) is 11.7 Å². The molecule has 0 radical (unpaired) electrons. The Morgan fingerprint density at radius 2 is 1.88 bits per heavy atom. The fraction of sp³-hybridized carbons (Fsp3) is 0.381. The van der Waals surface area contributed by atoms with Crippen molar-refractivity contribution in [1.82, 2.24) is 24.9 Å². The second-order valence-corrected chi connectivity index (χ2v) is 8.02. The summed E-state index contributed by atoms with van der Waals surface area (Å²) in [6.45, 7) is 0.621. The number of rotatable bonds is 5. The van der Waals surface area contributed by atoms with E-state index in [2.05, 4.69) is 15.2 Å². The molecule has 1 N–H and O–H groups in total. The smallest absolute Gasteiger partial charge is 0.417 e. The van der Waals surface area contributed by atoms with Crippen molar-refractivity contribution in [2.75, 3.05) is 6.54 Å². The number of nitrogens with zero attached hydrogens (tertiary/aromatic N) is 5. The minimum Gasteiger partial charge on any atom is -0.471 e. The Morgan fingerprint density at radius 1 is 1.12 bits per heavy atom. The summed E-state index contributed by atoms with van der Waals surface area (Å²) in [5.41, 5.74) is 0.0608. The minimum absolute atomic E-state index is 0.215. The standard InChI is InChI=1S/C21H19F4N5O2/c22-15-9-13(21(23,24)25)10-26-19(15)32-18-8-12-7-17(18)29(11-12)20(31)14-3-1-2-4-16(14)30-27-5-6-28-30/h1-6,9-10,12,17-18,20,31H,7-8,11H2. The number of likely N-dealkylation sites (tertiary alicyclic amines) is 1. The molecule has 1 aromatic carbocycles. The van der Waals surface area contributed by atoms with Crippen molar-refractivity contribution in [3.63, 3.8) is 0 Å². The molecule has 1 saturated heterocycles. The zero-order valence-corrected chi connectivity index (χ0v) is 16.7. The first-order valence-electron chi connectivity index (χ1n) is 10.1. The van der Waals surface area contributed by atoms with Gasteiger partial charge in [-0.05, 0) is 30.9 Å². The molecule has 7 nitrogen and oxygen atoms in total. The van der Waals surface area contributed by atoms with Gasteiger partial charge in [0.2, 0.25) is 0 Å². The lowest BCUT2D eigenvalue weighted by Gasteiger charge is -2.36. The van der Waals surface area contributed by atoms with E-state index in [1.165, 1.54) is 17.2 Å². The number of pyridine rings is 1. The molecule has 2 aromatic heterocycles. The number of fused-ring (bicyclic) bond motifs is 2. The minimum atomic E-state index is -4.68. The topological polar surface area (TPSA) is 76.3 Å². The lowest BCUT2D eigenvalue weighted by molar-refractivity contribution is -0.138. The van der Waals surface area contributed by atoms with Crippen LogP contribution < -0.4 is 4.74 Å². The maximum absolute atomic E-state index is 14.2. The summed E-state index contributed by atoms with van der Waals surface area (Å²) in [5.74, 6) is -1.41. The van der Waals surface area contributed by atoms with Gasteiger partial charge >= 0.3 is 6.18 Å². The van der Waals surface area contributed by atoms with Gasteiger partial charge in [0.05, 0.1) is 23.6 Å². The van der Waals surface area contributed by atoms with Crippen LogP contribution in [0.5, 0.6) is 5.88 Å². The highest BCUT2D eigenvalue weighted by Gasteiger charge is 2.49. The zero-order chi connectivity index (χ0) is 22.5. The van der Waals surface area contributed by atoms with Crippen LogP contribution in [0.15, 0.2) is 48.9 Å². The Labute approximate surface area is 180 Å². The second kappa shape index (κ2) is 7.82. The highest BCUT2D eigenvalue weighted by atomic mass is 19.4. The third-order valence-electron chi connectivity index (χ3n) is 6.03. The molecule has 2 bridgehead atoms. The summed E-state index contributed by atoms with van der Waals surface area (Å²) in [6.07, 6.45) is -1.19. The molecule has 1 aliphatic heterocycles. The molecule has 0 amide bonds. The first kappa shape index (κ1) is 20.8. The van der Waals surface area contributed by atoms with E-state index in [1.54, 1.807) is 18.2 Å². The van der Waals surface area contributed by atoms with Crippen molar-refractivity contribution < 1.29 is 27.4 Å². The molecule has 5 rings (SSSR count). The Morgan fingerprint density at radius 3 is 2.56 bits per heavy atom. The number of piperidine rings is 1. The Balaban J connectivity index is 1.36. The molecule has 0 spiro atoms. The summed E-state index contributed by atoms with van der Waals surface area (Å²) in [7, 11) is 0. The molecule has 4 unspecified atom stereocenters. The van der Waals surface area contributed by atoms with Gasteiger partial charge in [0.1, 0.15) is 12.3 Å². The van der Waals surface area contributed by atoms with Gasteiger partial charge in [-0.3, -0.25) is 4.90 Å². The van der Waals surface area contributed by atoms with Crippen molar-refractivity contribution in [2.24, 2.45) is 5.92 Å². The third-order valence-corrected chi connectivity index (χ3v) is 6.03. The molecule has 11 heteroatoms. The summed E-state index contributed by atoms with van der Waals surface area (Å²) >= 11 is 0. The monoisotopic (exact) mass is 449 g/mol.